The van der Waals surface area contributed by atoms with Crippen LogP contribution in [0, 0.1) is 0 Å². The van der Waals surface area contributed by atoms with Crippen LogP contribution in [0.1, 0.15) is 30.0 Å². The number of hydrogen-bond acceptors (Lipinski definition) is 5. The summed E-state index contributed by atoms with van der Waals surface area (Å²) in [7, 11) is -6.82. The molecule has 4 rings (SSSR count). The zero-order valence-electron chi connectivity index (χ0n) is 17.1. The summed E-state index contributed by atoms with van der Waals surface area (Å²) in [4.78, 5) is 2.06. The van der Waals surface area contributed by atoms with E-state index in [1.165, 1.54) is 5.56 Å². The Morgan fingerprint density at radius 3 is 1.97 bits per heavy atom. The van der Waals surface area contributed by atoms with Crippen molar-refractivity contribution in [3.63, 3.8) is 0 Å². The van der Waals surface area contributed by atoms with Crippen LogP contribution < -0.4 is 15.2 Å². The van der Waals surface area contributed by atoms with Gasteiger partial charge in [0.2, 0.25) is 20.0 Å². The number of primary sulfonamides is 2. The average Bonchev–Trinajstić information content (AvgIpc) is 2.71. The molecule has 9 heteroatoms. The summed E-state index contributed by atoms with van der Waals surface area (Å²) < 4.78 is 45.2. The largest absolute Gasteiger partial charge is 0.370 e. The minimum Gasteiger partial charge on any atom is -0.370 e. The second-order valence-electron chi connectivity index (χ2n) is 7.81. The molecule has 30 heavy (non-hydrogen) atoms. The number of aryl methyl sites for hydroxylation is 1. The molecule has 4 N–H and O–H groups in total. The lowest BCUT2D eigenvalue weighted by Crippen LogP contribution is -2.45. The van der Waals surface area contributed by atoms with Gasteiger partial charge < -0.3 is 4.90 Å². The quantitative estimate of drug-likeness (QED) is 0.733. The van der Waals surface area contributed by atoms with Gasteiger partial charge in [-0.05, 0) is 55.4 Å². The maximum atomic E-state index is 11.4. The molecule has 1 aliphatic carbocycles. The molecule has 2 atom stereocenters. The summed E-state index contributed by atoms with van der Waals surface area (Å²) in [5, 5.41) is 9.49. The highest BCUT2D eigenvalue weighted by atomic mass is 32.2. The van der Waals surface area contributed by atoms with Crippen LogP contribution in [-0.2, 0) is 39.3 Å². The third kappa shape index (κ3) is 5.40. The van der Waals surface area contributed by atoms with Crippen LogP contribution in [0.3, 0.4) is 0 Å². The maximum absolute atomic E-state index is 11.4. The Kier molecular flexibility index (Phi) is 6.86. The first kappa shape index (κ1) is 22.7. The number of hydrogen-bond donors (Lipinski definition) is 2. The number of nitrogens with zero attached hydrogens (tertiary/aromatic N) is 1. The lowest BCUT2D eigenvalue weighted by atomic mass is 9.92. The Bertz CT molecular complexity index is 1100. The smallest absolute Gasteiger partial charge is 0.214 e. The van der Waals surface area contributed by atoms with E-state index < -0.39 is 30.5 Å². The zero-order chi connectivity index (χ0) is 21.9. The second kappa shape index (κ2) is 9.05. The van der Waals surface area contributed by atoms with E-state index in [1.807, 2.05) is 49.4 Å². The van der Waals surface area contributed by atoms with E-state index in [0.29, 0.717) is 25.8 Å². The average molecular weight is 452 g/mol. The van der Waals surface area contributed by atoms with Crippen molar-refractivity contribution < 1.29 is 16.8 Å². The van der Waals surface area contributed by atoms with E-state index in [1.54, 1.807) is 0 Å². The van der Waals surface area contributed by atoms with Gasteiger partial charge in [-0.1, -0.05) is 42.5 Å². The summed E-state index contributed by atoms with van der Waals surface area (Å²) in [6.45, 7) is 3.30. The first-order valence-corrected chi connectivity index (χ1v) is 13.2. The van der Waals surface area contributed by atoms with E-state index in [2.05, 4.69) is 11.0 Å². The summed E-state index contributed by atoms with van der Waals surface area (Å²) in [6, 6.07) is 15.8. The molecule has 7 nitrogen and oxygen atoms in total. The lowest BCUT2D eigenvalue weighted by molar-refractivity contribution is 0.563. The van der Waals surface area contributed by atoms with E-state index in [0.717, 1.165) is 29.8 Å². The van der Waals surface area contributed by atoms with Gasteiger partial charge in [0.05, 0.1) is 10.5 Å². The summed E-state index contributed by atoms with van der Waals surface area (Å²) in [6.07, 6.45) is 2.55. The minimum atomic E-state index is -3.45. The molecule has 1 aliphatic heterocycles. The number of benzene rings is 2. The van der Waals surface area contributed by atoms with Crippen molar-refractivity contribution in [2.45, 2.75) is 43.1 Å². The van der Waals surface area contributed by atoms with Crippen molar-refractivity contribution in [3.8, 4) is 0 Å². The van der Waals surface area contributed by atoms with Crippen LogP contribution in [0.4, 0.5) is 5.69 Å². The Morgan fingerprint density at radius 1 is 0.833 bits per heavy atom. The van der Waals surface area contributed by atoms with Gasteiger partial charge in [-0.3, -0.25) is 0 Å². The van der Waals surface area contributed by atoms with Gasteiger partial charge in [-0.25, -0.2) is 27.1 Å². The lowest BCUT2D eigenvalue weighted by Gasteiger charge is -2.34. The van der Waals surface area contributed by atoms with Crippen molar-refractivity contribution in [2.24, 2.45) is 10.3 Å². The molecule has 1 heterocycles. The molecule has 2 aromatic carbocycles. The van der Waals surface area contributed by atoms with Crippen LogP contribution >= 0.6 is 0 Å². The number of fused-ring (bicyclic) bond motifs is 2. The summed E-state index contributed by atoms with van der Waals surface area (Å²) in [5.74, 6) is 0. The number of rotatable bonds is 3. The first-order valence-electron chi connectivity index (χ1n) is 10.0. The van der Waals surface area contributed by atoms with Crippen LogP contribution in [-0.4, -0.2) is 40.4 Å². The molecule has 0 aromatic heterocycles. The van der Waals surface area contributed by atoms with E-state index in [4.69, 9.17) is 10.3 Å². The van der Waals surface area contributed by atoms with Gasteiger partial charge in [-0.15, -0.1) is 0 Å². The molecular weight excluding hydrogens is 422 g/mol. The highest BCUT2D eigenvalue weighted by molar-refractivity contribution is 7.90. The van der Waals surface area contributed by atoms with Gasteiger partial charge in [0, 0.05) is 18.8 Å². The molecule has 0 amide bonds. The third-order valence-corrected chi connectivity index (χ3v) is 8.39. The molecule has 164 valence electrons. The molecule has 2 unspecified atom stereocenters. The standard InChI is InChI=1S/C11H16N2O2S.C10H13NO2S/c1-2-13-8-10(16(12,14)15)7-9-5-3-4-6-11(9)13;11-14(12,13)10-6-5-8-3-1-2-4-9(8)7-10/h3-6,10H,2,7-8H2,1H3,(H2,12,14,15);1-4,10H,5-7H2,(H2,11,12,13). The Labute approximate surface area is 179 Å². The molecule has 0 fully saturated rings. The highest BCUT2D eigenvalue weighted by Gasteiger charge is 2.30. The SMILES string of the molecule is CCN1CC(S(N)(=O)=O)Cc2ccccc21.NS(=O)(=O)C1CCc2ccccc2C1. The fourth-order valence-corrected chi connectivity index (χ4v) is 5.77. The molecule has 0 spiro atoms. The van der Waals surface area contributed by atoms with Crippen molar-refractivity contribution in [2.75, 3.05) is 18.0 Å². The molecule has 2 aliphatic rings. The fraction of sp³-hybridized carbons (Fsp3) is 0.429. The Hall–Kier alpha value is -1.94. The van der Waals surface area contributed by atoms with Crippen molar-refractivity contribution >= 4 is 25.7 Å². The topological polar surface area (TPSA) is 124 Å². The zero-order valence-corrected chi connectivity index (χ0v) is 18.7. The molecule has 0 saturated heterocycles. The van der Waals surface area contributed by atoms with Crippen LogP contribution in [0.15, 0.2) is 48.5 Å². The van der Waals surface area contributed by atoms with Gasteiger partial charge >= 0.3 is 0 Å². The second-order valence-corrected chi connectivity index (χ2v) is 11.5. The van der Waals surface area contributed by atoms with Gasteiger partial charge in [0.15, 0.2) is 0 Å². The fourth-order valence-electron chi connectivity index (χ4n) is 4.11. The van der Waals surface area contributed by atoms with Crippen molar-refractivity contribution in [1.82, 2.24) is 0 Å². The molecular formula is C21H29N3O4S2. The Morgan fingerprint density at radius 2 is 1.37 bits per heavy atom. The van der Waals surface area contributed by atoms with Crippen molar-refractivity contribution in [3.05, 3.63) is 65.2 Å². The normalized spacial score (nSPS) is 21.1. The van der Waals surface area contributed by atoms with Gasteiger partial charge in [0.1, 0.15) is 0 Å². The highest BCUT2D eigenvalue weighted by Crippen LogP contribution is 2.28. The molecule has 0 bridgehead atoms. The minimum absolute atomic E-state index is 0.391. The number of anilines is 1. The predicted octanol–water partition coefficient (Wildman–Crippen LogP) is 1.56. The summed E-state index contributed by atoms with van der Waals surface area (Å²) >= 11 is 0. The van der Waals surface area contributed by atoms with Crippen LogP contribution in [0.2, 0.25) is 0 Å². The predicted molar refractivity (Wildman–Crippen MR) is 120 cm³/mol. The summed E-state index contributed by atoms with van der Waals surface area (Å²) in [5.41, 5.74) is 4.57. The molecule has 0 radical (unpaired) electrons. The Balaban J connectivity index is 0.000000172. The molecule has 2 aromatic rings. The van der Waals surface area contributed by atoms with Crippen LogP contribution in [0.5, 0.6) is 0 Å². The number of sulfonamides is 2. The van der Waals surface area contributed by atoms with Crippen LogP contribution in [0.25, 0.3) is 0 Å². The number of para-hydroxylation sites is 1. The van der Waals surface area contributed by atoms with Crippen molar-refractivity contribution in [1.29, 1.82) is 0 Å². The molecule has 0 saturated carbocycles. The monoisotopic (exact) mass is 451 g/mol. The first-order chi connectivity index (χ1) is 14.1. The number of nitrogens with two attached hydrogens (primary N) is 2. The van der Waals surface area contributed by atoms with Gasteiger partial charge in [-0.2, -0.15) is 0 Å². The van der Waals surface area contributed by atoms with E-state index in [9.17, 15) is 16.8 Å². The third-order valence-electron chi connectivity index (χ3n) is 5.82. The maximum Gasteiger partial charge on any atom is 0.214 e. The van der Waals surface area contributed by atoms with E-state index in [-0.39, 0.29) is 0 Å². The van der Waals surface area contributed by atoms with Gasteiger partial charge in [0.25, 0.3) is 0 Å². The van der Waals surface area contributed by atoms with E-state index >= 15 is 0 Å².